The Labute approximate surface area is 137 Å². The molecule has 0 aliphatic carbocycles. The summed E-state index contributed by atoms with van der Waals surface area (Å²) in [6.45, 7) is 4.57. The SMILES string of the molecule is CCc1cccc(C)c1NC(=O)C(=O)N1CCCCC1CCO. The Kier molecular flexibility index (Phi) is 6.16. The van der Waals surface area contributed by atoms with Crippen molar-refractivity contribution < 1.29 is 14.7 Å². The number of aryl methyl sites for hydroxylation is 2. The summed E-state index contributed by atoms with van der Waals surface area (Å²) in [6, 6.07) is 5.81. The van der Waals surface area contributed by atoms with Gasteiger partial charge in [0.05, 0.1) is 0 Å². The van der Waals surface area contributed by atoms with Crippen molar-refractivity contribution in [1.29, 1.82) is 0 Å². The minimum absolute atomic E-state index is 0.0329. The first-order chi connectivity index (χ1) is 11.1. The second-order valence-corrected chi connectivity index (χ2v) is 6.08. The lowest BCUT2D eigenvalue weighted by Gasteiger charge is -2.35. The fourth-order valence-electron chi connectivity index (χ4n) is 3.22. The number of anilines is 1. The molecular weight excluding hydrogens is 292 g/mol. The van der Waals surface area contributed by atoms with Crippen molar-refractivity contribution in [2.24, 2.45) is 0 Å². The number of piperidine rings is 1. The predicted molar refractivity (Wildman–Crippen MR) is 90.2 cm³/mol. The van der Waals surface area contributed by atoms with Gasteiger partial charge in [-0.15, -0.1) is 0 Å². The smallest absolute Gasteiger partial charge is 0.313 e. The zero-order valence-electron chi connectivity index (χ0n) is 14.0. The lowest BCUT2D eigenvalue weighted by atomic mass is 9.99. The minimum atomic E-state index is -0.584. The number of likely N-dealkylation sites (tertiary alicyclic amines) is 1. The number of para-hydroxylation sites is 1. The Morgan fingerprint density at radius 3 is 2.83 bits per heavy atom. The quantitative estimate of drug-likeness (QED) is 0.837. The van der Waals surface area contributed by atoms with Crippen molar-refractivity contribution in [3.63, 3.8) is 0 Å². The van der Waals surface area contributed by atoms with E-state index in [2.05, 4.69) is 5.32 Å². The summed E-state index contributed by atoms with van der Waals surface area (Å²) in [5.74, 6) is -1.08. The molecule has 2 rings (SSSR count). The Balaban J connectivity index is 2.12. The van der Waals surface area contributed by atoms with Gasteiger partial charge >= 0.3 is 11.8 Å². The normalized spacial score (nSPS) is 17.9. The van der Waals surface area contributed by atoms with Gasteiger partial charge in [-0.2, -0.15) is 0 Å². The molecule has 0 radical (unpaired) electrons. The summed E-state index contributed by atoms with van der Waals surface area (Å²) in [7, 11) is 0. The molecular formula is C18H26N2O3. The average molecular weight is 318 g/mol. The van der Waals surface area contributed by atoms with E-state index in [1.54, 1.807) is 4.90 Å². The van der Waals surface area contributed by atoms with Gasteiger partial charge in [0.25, 0.3) is 0 Å². The number of aliphatic hydroxyl groups excluding tert-OH is 1. The Morgan fingerprint density at radius 1 is 1.35 bits per heavy atom. The van der Waals surface area contributed by atoms with Crippen LogP contribution in [-0.2, 0) is 16.0 Å². The van der Waals surface area contributed by atoms with Crippen LogP contribution in [0.1, 0.15) is 43.7 Å². The highest BCUT2D eigenvalue weighted by Gasteiger charge is 2.30. The zero-order chi connectivity index (χ0) is 16.8. The van der Waals surface area contributed by atoms with E-state index < -0.39 is 11.8 Å². The molecule has 1 aliphatic heterocycles. The van der Waals surface area contributed by atoms with E-state index in [-0.39, 0.29) is 12.6 Å². The highest BCUT2D eigenvalue weighted by Crippen LogP contribution is 2.23. The number of benzene rings is 1. The van der Waals surface area contributed by atoms with Crippen molar-refractivity contribution in [3.8, 4) is 0 Å². The van der Waals surface area contributed by atoms with Gasteiger partial charge in [0.1, 0.15) is 0 Å². The maximum absolute atomic E-state index is 12.5. The summed E-state index contributed by atoms with van der Waals surface area (Å²) in [5.41, 5.74) is 2.72. The van der Waals surface area contributed by atoms with Crippen LogP contribution in [0.25, 0.3) is 0 Å². The second kappa shape index (κ2) is 8.11. The van der Waals surface area contributed by atoms with Crippen LogP contribution in [0.2, 0.25) is 0 Å². The molecule has 1 atom stereocenters. The maximum atomic E-state index is 12.5. The summed E-state index contributed by atoms with van der Waals surface area (Å²) in [5, 5.41) is 12.0. The van der Waals surface area contributed by atoms with Crippen molar-refractivity contribution in [2.75, 3.05) is 18.5 Å². The standard InChI is InChI=1S/C18H26N2O3/c1-3-14-8-6-7-13(2)16(14)19-17(22)18(23)20-11-5-4-9-15(20)10-12-21/h6-8,15,21H,3-5,9-12H2,1-2H3,(H,19,22). The first-order valence-corrected chi connectivity index (χ1v) is 8.39. The van der Waals surface area contributed by atoms with Crippen LogP contribution in [0.5, 0.6) is 0 Å². The van der Waals surface area contributed by atoms with Crippen LogP contribution < -0.4 is 5.32 Å². The number of hydrogen-bond acceptors (Lipinski definition) is 3. The predicted octanol–water partition coefficient (Wildman–Crippen LogP) is 2.26. The van der Waals surface area contributed by atoms with E-state index in [0.29, 0.717) is 13.0 Å². The molecule has 0 aromatic heterocycles. The third-order valence-electron chi connectivity index (χ3n) is 4.52. The Bertz CT molecular complexity index is 569. The van der Waals surface area contributed by atoms with Crippen molar-refractivity contribution in [1.82, 2.24) is 4.90 Å². The second-order valence-electron chi connectivity index (χ2n) is 6.08. The van der Waals surface area contributed by atoms with Gasteiger partial charge in [-0.25, -0.2) is 0 Å². The van der Waals surface area contributed by atoms with Gasteiger partial charge in [-0.1, -0.05) is 25.1 Å². The molecule has 5 nitrogen and oxygen atoms in total. The van der Waals surface area contributed by atoms with E-state index in [1.165, 1.54) is 0 Å². The number of aliphatic hydroxyl groups is 1. The van der Waals surface area contributed by atoms with Gasteiger partial charge in [0.2, 0.25) is 0 Å². The first-order valence-electron chi connectivity index (χ1n) is 8.39. The number of rotatable bonds is 4. The molecule has 1 heterocycles. The number of carbonyl (C=O) groups excluding carboxylic acids is 2. The minimum Gasteiger partial charge on any atom is -0.396 e. The molecule has 1 unspecified atom stereocenters. The lowest BCUT2D eigenvalue weighted by molar-refractivity contribution is -0.146. The van der Waals surface area contributed by atoms with E-state index in [1.807, 2.05) is 32.0 Å². The van der Waals surface area contributed by atoms with Gasteiger partial charge in [0, 0.05) is 24.9 Å². The van der Waals surface area contributed by atoms with E-state index >= 15 is 0 Å². The number of nitrogens with one attached hydrogen (secondary N) is 1. The molecule has 2 amide bonds. The molecule has 1 fully saturated rings. The number of amides is 2. The van der Waals surface area contributed by atoms with Crippen LogP contribution in [0.15, 0.2) is 18.2 Å². The highest BCUT2D eigenvalue weighted by molar-refractivity contribution is 6.39. The third-order valence-corrected chi connectivity index (χ3v) is 4.52. The van der Waals surface area contributed by atoms with Crippen molar-refractivity contribution in [2.45, 2.75) is 52.0 Å². The summed E-state index contributed by atoms with van der Waals surface area (Å²) in [4.78, 5) is 26.6. The lowest BCUT2D eigenvalue weighted by Crippen LogP contribution is -2.48. The molecule has 23 heavy (non-hydrogen) atoms. The summed E-state index contributed by atoms with van der Waals surface area (Å²) >= 11 is 0. The van der Waals surface area contributed by atoms with Crippen LogP contribution >= 0.6 is 0 Å². The summed E-state index contributed by atoms with van der Waals surface area (Å²) in [6.07, 6.45) is 4.12. The largest absolute Gasteiger partial charge is 0.396 e. The Morgan fingerprint density at radius 2 is 2.13 bits per heavy atom. The third kappa shape index (κ3) is 4.10. The van der Waals surface area contributed by atoms with E-state index in [0.717, 1.165) is 42.5 Å². The molecule has 0 saturated carbocycles. The van der Waals surface area contributed by atoms with Gasteiger partial charge < -0.3 is 15.3 Å². The number of hydrogen-bond donors (Lipinski definition) is 2. The van der Waals surface area contributed by atoms with Crippen molar-refractivity contribution in [3.05, 3.63) is 29.3 Å². The van der Waals surface area contributed by atoms with Gasteiger partial charge in [-0.05, 0) is 50.2 Å². The van der Waals surface area contributed by atoms with E-state index in [9.17, 15) is 9.59 Å². The summed E-state index contributed by atoms with van der Waals surface area (Å²) < 4.78 is 0. The van der Waals surface area contributed by atoms with Crippen LogP contribution in [0.4, 0.5) is 5.69 Å². The molecule has 1 aromatic carbocycles. The zero-order valence-corrected chi connectivity index (χ0v) is 14.0. The van der Waals surface area contributed by atoms with Crippen molar-refractivity contribution >= 4 is 17.5 Å². The van der Waals surface area contributed by atoms with Gasteiger partial charge in [0.15, 0.2) is 0 Å². The maximum Gasteiger partial charge on any atom is 0.313 e. The molecule has 2 N–H and O–H groups in total. The highest BCUT2D eigenvalue weighted by atomic mass is 16.3. The fraction of sp³-hybridized carbons (Fsp3) is 0.556. The van der Waals surface area contributed by atoms with E-state index in [4.69, 9.17) is 5.11 Å². The first kappa shape index (κ1) is 17.5. The molecule has 1 aromatic rings. The molecule has 1 aliphatic rings. The molecule has 1 saturated heterocycles. The molecule has 5 heteroatoms. The topological polar surface area (TPSA) is 69.6 Å². The number of carbonyl (C=O) groups is 2. The Hall–Kier alpha value is -1.88. The average Bonchev–Trinajstić information content (AvgIpc) is 2.56. The molecule has 0 spiro atoms. The molecule has 126 valence electrons. The molecule has 0 bridgehead atoms. The fourth-order valence-corrected chi connectivity index (χ4v) is 3.22. The monoisotopic (exact) mass is 318 g/mol. The van der Waals surface area contributed by atoms with Crippen LogP contribution in [-0.4, -0.2) is 41.0 Å². The van der Waals surface area contributed by atoms with Gasteiger partial charge in [-0.3, -0.25) is 9.59 Å². The van der Waals surface area contributed by atoms with Crippen LogP contribution in [0, 0.1) is 6.92 Å². The number of nitrogens with zero attached hydrogens (tertiary/aromatic N) is 1. The van der Waals surface area contributed by atoms with Crippen LogP contribution in [0.3, 0.4) is 0 Å².